The summed E-state index contributed by atoms with van der Waals surface area (Å²) in [5, 5.41) is 0. The predicted octanol–water partition coefficient (Wildman–Crippen LogP) is 3.48. The van der Waals surface area contributed by atoms with Crippen molar-refractivity contribution >= 4 is 18.5 Å². The average Bonchev–Trinajstić information content (AvgIpc) is 2.30. The Kier molecular flexibility index (Phi) is 5.06. The number of hydrogen-bond acceptors (Lipinski definition) is 1. The van der Waals surface area contributed by atoms with Crippen LogP contribution in [-0.2, 0) is 0 Å². The smallest absolute Gasteiger partial charge is 0.123 e. The van der Waals surface area contributed by atoms with Gasteiger partial charge in [0.25, 0.3) is 0 Å². The Hall–Kier alpha value is -1.28. The van der Waals surface area contributed by atoms with Gasteiger partial charge in [-0.05, 0) is 36.4 Å². The van der Waals surface area contributed by atoms with Gasteiger partial charge in [0.05, 0.1) is 0 Å². The van der Waals surface area contributed by atoms with Gasteiger partial charge in [-0.1, -0.05) is 24.3 Å². The van der Waals surface area contributed by atoms with Crippen LogP contribution in [0.3, 0.4) is 0 Å². The zero-order valence-corrected chi connectivity index (χ0v) is 9.79. The fraction of sp³-hybridized carbons (Fsp3) is 0.231. The molecule has 0 atom stereocenters. The number of nitrogens with zero attached hydrogens (tertiary/aromatic N) is 1. The summed E-state index contributed by atoms with van der Waals surface area (Å²) in [6.45, 7) is 2.03. The van der Waals surface area contributed by atoms with E-state index in [-0.39, 0.29) is 18.2 Å². The van der Waals surface area contributed by atoms with Crippen LogP contribution in [0.5, 0.6) is 0 Å². The number of benzene rings is 1. The molecule has 1 heterocycles. The lowest BCUT2D eigenvalue weighted by Gasteiger charge is -2.20. The monoisotopic (exact) mass is 239 g/mol. The summed E-state index contributed by atoms with van der Waals surface area (Å²) >= 11 is 0. The molecule has 0 aliphatic carbocycles. The second kappa shape index (κ2) is 6.33. The molecule has 0 amide bonds. The summed E-state index contributed by atoms with van der Waals surface area (Å²) in [5.74, 6) is -0.187. The highest BCUT2D eigenvalue weighted by Crippen LogP contribution is 2.07. The molecule has 1 aromatic rings. The molecule has 0 saturated heterocycles. The summed E-state index contributed by atoms with van der Waals surface area (Å²) in [6, 6.07) is 6.53. The molecule has 1 aliphatic heterocycles. The van der Waals surface area contributed by atoms with Gasteiger partial charge in [-0.3, -0.25) is 0 Å². The number of halogens is 2. The molecular weight excluding hydrogens is 225 g/mol. The van der Waals surface area contributed by atoms with Crippen LogP contribution in [0.2, 0.25) is 0 Å². The van der Waals surface area contributed by atoms with Gasteiger partial charge < -0.3 is 4.90 Å². The first-order valence-electron chi connectivity index (χ1n) is 5.17. The van der Waals surface area contributed by atoms with Gasteiger partial charge in [0.1, 0.15) is 5.82 Å². The molecule has 0 saturated carbocycles. The minimum absolute atomic E-state index is 0. The van der Waals surface area contributed by atoms with Crippen LogP contribution in [-0.4, -0.2) is 18.0 Å². The Morgan fingerprint density at radius 1 is 1.12 bits per heavy atom. The Morgan fingerprint density at radius 2 is 1.88 bits per heavy atom. The average molecular weight is 240 g/mol. The van der Waals surface area contributed by atoms with E-state index in [1.807, 2.05) is 6.08 Å². The van der Waals surface area contributed by atoms with Crippen molar-refractivity contribution in [1.29, 1.82) is 0 Å². The Labute approximate surface area is 102 Å². The van der Waals surface area contributed by atoms with Crippen molar-refractivity contribution in [2.75, 3.05) is 13.1 Å². The summed E-state index contributed by atoms with van der Waals surface area (Å²) in [7, 11) is 0. The lowest BCUT2D eigenvalue weighted by Crippen LogP contribution is -2.20. The molecule has 3 heteroatoms. The highest BCUT2D eigenvalue weighted by atomic mass is 35.5. The summed E-state index contributed by atoms with van der Waals surface area (Å²) < 4.78 is 12.6. The number of hydrogen-bond donors (Lipinski definition) is 0. The fourth-order valence-corrected chi connectivity index (χ4v) is 1.56. The van der Waals surface area contributed by atoms with Crippen LogP contribution in [0.25, 0.3) is 6.08 Å². The van der Waals surface area contributed by atoms with E-state index in [2.05, 4.69) is 23.3 Å². The molecule has 86 valence electrons. The van der Waals surface area contributed by atoms with E-state index in [4.69, 9.17) is 0 Å². The molecule has 16 heavy (non-hydrogen) atoms. The lowest BCUT2D eigenvalue weighted by molar-refractivity contribution is 0.412. The summed E-state index contributed by atoms with van der Waals surface area (Å²) in [4.78, 5) is 2.24. The molecule has 2 rings (SSSR count). The quantitative estimate of drug-likeness (QED) is 0.715. The van der Waals surface area contributed by atoms with Gasteiger partial charge in [-0.25, -0.2) is 4.39 Å². The van der Waals surface area contributed by atoms with Gasteiger partial charge in [0.15, 0.2) is 0 Å². The van der Waals surface area contributed by atoms with Gasteiger partial charge >= 0.3 is 0 Å². The van der Waals surface area contributed by atoms with E-state index in [0.717, 1.165) is 25.1 Å². The van der Waals surface area contributed by atoms with E-state index < -0.39 is 0 Å². The lowest BCUT2D eigenvalue weighted by atomic mass is 10.2. The van der Waals surface area contributed by atoms with Gasteiger partial charge in [0, 0.05) is 13.1 Å². The van der Waals surface area contributed by atoms with Crippen molar-refractivity contribution in [3.05, 3.63) is 54.0 Å². The zero-order valence-electron chi connectivity index (χ0n) is 8.97. The Morgan fingerprint density at radius 3 is 2.50 bits per heavy atom. The van der Waals surface area contributed by atoms with E-state index in [1.165, 1.54) is 12.1 Å². The first kappa shape index (κ1) is 12.8. The van der Waals surface area contributed by atoms with E-state index in [9.17, 15) is 4.39 Å². The topological polar surface area (TPSA) is 3.24 Å². The first-order chi connectivity index (χ1) is 7.34. The van der Waals surface area contributed by atoms with Crippen LogP contribution in [0.4, 0.5) is 4.39 Å². The highest BCUT2D eigenvalue weighted by molar-refractivity contribution is 5.85. The van der Waals surface area contributed by atoms with Crippen molar-refractivity contribution in [3.63, 3.8) is 0 Å². The van der Waals surface area contributed by atoms with E-state index in [0.29, 0.717) is 0 Å². The van der Waals surface area contributed by atoms with Gasteiger partial charge in [-0.15, -0.1) is 12.4 Å². The molecule has 1 aliphatic rings. The maximum Gasteiger partial charge on any atom is 0.123 e. The maximum atomic E-state index is 12.6. The normalized spacial score (nSPS) is 15.2. The van der Waals surface area contributed by atoms with Crippen LogP contribution in [0.1, 0.15) is 12.0 Å². The third kappa shape index (κ3) is 3.70. The van der Waals surface area contributed by atoms with Crippen LogP contribution in [0.15, 0.2) is 42.6 Å². The molecule has 0 radical (unpaired) electrons. The second-order valence-electron chi connectivity index (χ2n) is 3.62. The van der Waals surface area contributed by atoms with Crippen LogP contribution >= 0.6 is 12.4 Å². The van der Waals surface area contributed by atoms with Crippen molar-refractivity contribution in [2.24, 2.45) is 0 Å². The first-order valence-corrected chi connectivity index (χ1v) is 5.17. The standard InChI is InChI=1S/C13H14FN.ClH/c14-13-6-4-12(5-7-13)8-11-15-9-2-1-3-10-15;/h1-2,4-8,11H,3,9-10H2;1H/b11-8+;. The molecular formula is C13H15ClFN. The predicted molar refractivity (Wildman–Crippen MR) is 68.0 cm³/mol. The molecule has 0 aromatic heterocycles. The minimum Gasteiger partial charge on any atom is -0.373 e. The summed E-state index contributed by atoms with van der Waals surface area (Å²) in [5.41, 5.74) is 1.03. The third-order valence-corrected chi connectivity index (χ3v) is 2.44. The Balaban J connectivity index is 0.00000128. The van der Waals surface area contributed by atoms with Crippen molar-refractivity contribution in [1.82, 2.24) is 4.90 Å². The van der Waals surface area contributed by atoms with Crippen molar-refractivity contribution in [2.45, 2.75) is 6.42 Å². The van der Waals surface area contributed by atoms with Crippen LogP contribution in [0, 0.1) is 5.82 Å². The summed E-state index contributed by atoms with van der Waals surface area (Å²) in [6.07, 6.45) is 9.55. The van der Waals surface area contributed by atoms with Crippen molar-refractivity contribution < 1.29 is 4.39 Å². The largest absolute Gasteiger partial charge is 0.373 e. The SMILES string of the molecule is Cl.Fc1ccc(/C=C/N2CC=CCC2)cc1. The highest BCUT2D eigenvalue weighted by Gasteiger charge is 1.99. The van der Waals surface area contributed by atoms with E-state index in [1.54, 1.807) is 12.1 Å². The minimum atomic E-state index is -0.187. The molecule has 0 spiro atoms. The molecule has 1 aromatic carbocycles. The Bertz CT molecular complexity index is 370. The second-order valence-corrected chi connectivity index (χ2v) is 3.62. The molecule has 0 fully saturated rings. The molecule has 0 bridgehead atoms. The molecule has 1 nitrogen and oxygen atoms in total. The van der Waals surface area contributed by atoms with Crippen LogP contribution < -0.4 is 0 Å². The third-order valence-electron chi connectivity index (χ3n) is 2.44. The molecule has 0 N–H and O–H groups in total. The van der Waals surface area contributed by atoms with Crippen molar-refractivity contribution in [3.8, 4) is 0 Å². The van der Waals surface area contributed by atoms with Gasteiger partial charge in [-0.2, -0.15) is 0 Å². The van der Waals surface area contributed by atoms with Gasteiger partial charge in [0.2, 0.25) is 0 Å². The zero-order chi connectivity index (χ0) is 10.5. The number of rotatable bonds is 2. The van der Waals surface area contributed by atoms with E-state index >= 15 is 0 Å². The maximum absolute atomic E-state index is 12.6. The molecule has 0 unspecified atom stereocenters. The fourth-order valence-electron chi connectivity index (χ4n) is 1.56.